The number of carbonyl (C=O) groups excluding carboxylic acids is 3. The van der Waals surface area contributed by atoms with Gasteiger partial charge in [0.15, 0.2) is 0 Å². The van der Waals surface area contributed by atoms with Crippen LogP contribution in [0.15, 0.2) is 0 Å². The number of carbonyl (C=O) groups is 3. The third-order valence-electron chi connectivity index (χ3n) is 3.74. The lowest BCUT2D eigenvalue weighted by molar-refractivity contribution is -0.155. The lowest BCUT2D eigenvalue weighted by Crippen LogP contribution is -2.42. The largest absolute Gasteiger partial charge is 0.460 e. The summed E-state index contributed by atoms with van der Waals surface area (Å²) in [7, 11) is 0. The van der Waals surface area contributed by atoms with Crippen LogP contribution in [-0.4, -0.2) is 40.2 Å². The topological polar surface area (TPSA) is 105 Å². The molecule has 0 fully saturated rings. The fourth-order valence-corrected chi connectivity index (χ4v) is 2.61. The molecule has 0 saturated carbocycles. The van der Waals surface area contributed by atoms with Crippen LogP contribution >= 0.6 is 0 Å². The van der Waals surface area contributed by atoms with Crippen molar-refractivity contribution in [1.82, 2.24) is 0 Å². The Morgan fingerprint density at radius 2 is 0.759 bits per heavy atom. The van der Waals surface area contributed by atoms with E-state index < -0.39 is 22.3 Å². The van der Waals surface area contributed by atoms with E-state index in [1.807, 2.05) is 0 Å². The molecule has 0 aromatic carbocycles. The van der Waals surface area contributed by atoms with Gasteiger partial charge in [0.05, 0.1) is 0 Å². The number of hydrogen-bond donors (Lipinski definition) is 1. The van der Waals surface area contributed by atoms with Crippen molar-refractivity contribution in [3.63, 3.8) is 0 Å². The zero-order chi connectivity index (χ0) is 23.1. The second kappa shape index (κ2) is 10.4. The molecule has 0 aliphatic heterocycles. The molecule has 0 heterocycles. The molecule has 7 heteroatoms. The molecule has 0 unspecified atom stereocenters. The van der Waals surface area contributed by atoms with Crippen molar-refractivity contribution >= 4 is 17.9 Å². The van der Waals surface area contributed by atoms with Crippen molar-refractivity contribution < 1.29 is 28.6 Å². The molecule has 0 radical (unpaired) electrons. The Morgan fingerprint density at radius 1 is 0.552 bits per heavy atom. The molecular weight excluding hydrogens is 374 g/mol. The molecule has 0 aliphatic rings. The minimum atomic E-state index is -0.884. The standard InChI is InChI=1S/C22H41NO6/c1-19(2,3)27-16(24)10-13-22(23,14-11-17(25)28-20(4,5)6)15-12-18(26)29-21(7,8)9/h10-15,23H2,1-9H3. The molecular formula is C22H41NO6. The monoisotopic (exact) mass is 415 g/mol. The van der Waals surface area contributed by atoms with Crippen LogP contribution in [0.4, 0.5) is 0 Å². The molecule has 0 saturated heterocycles. The number of esters is 3. The Balaban J connectivity index is 4.98. The first kappa shape index (κ1) is 27.4. The Bertz CT molecular complexity index is 484. The zero-order valence-corrected chi connectivity index (χ0v) is 19.8. The SMILES string of the molecule is CC(C)(C)OC(=O)CCC(N)(CCC(=O)OC(C)(C)C)CCC(=O)OC(C)(C)C. The summed E-state index contributed by atoms with van der Waals surface area (Å²) in [5, 5.41) is 0. The zero-order valence-electron chi connectivity index (χ0n) is 19.8. The van der Waals surface area contributed by atoms with Gasteiger partial charge in [-0.1, -0.05) is 0 Å². The minimum absolute atomic E-state index is 0.108. The van der Waals surface area contributed by atoms with Gasteiger partial charge in [0.2, 0.25) is 0 Å². The summed E-state index contributed by atoms with van der Waals surface area (Å²) in [6, 6.07) is 0. The molecule has 29 heavy (non-hydrogen) atoms. The van der Waals surface area contributed by atoms with Gasteiger partial charge in [0, 0.05) is 24.8 Å². The summed E-state index contributed by atoms with van der Waals surface area (Å²) in [5.41, 5.74) is 3.88. The third-order valence-corrected chi connectivity index (χ3v) is 3.74. The number of ether oxygens (including phenoxy) is 3. The van der Waals surface area contributed by atoms with Crippen LogP contribution in [0.25, 0.3) is 0 Å². The fraction of sp³-hybridized carbons (Fsp3) is 0.864. The molecule has 7 nitrogen and oxygen atoms in total. The lowest BCUT2D eigenvalue weighted by Gasteiger charge is -2.30. The molecule has 0 aromatic heterocycles. The van der Waals surface area contributed by atoms with Gasteiger partial charge in [-0.2, -0.15) is 0 Å². The van der Waals surface area contributed by atoms with Crippen LogP contribution in [0, 0.1) is 0 Å². The van der Waals surface area contributed by atoms with E-state index in [0.29, 0.717) is 19.3 Å². The molecule has 0 aliphatic carbocycles. The first-order chi connectivity index (χ1) is 12.8. The molecule has 0 amide bonds. The average Bonchev–Trinajstić information content (AvgIpc) is 2.44. The van der Waals surface area contributed by atoms with E-state index in [1.54, 1.807) is 62.3 Å². The molecule has 0 aromatic rings. The van der Waals surface area contributed by atoms with E-state index in [-0.39, 0.29) is 37.2 Å². The normalized spacial score (nSPS) is 13.0. The van der Waals surface area contributed by atoms with E-state index in [1.165, 1.54) is 0 Å². The van der Waals surface area contributed by atoms with Gasteiger partial charge >= 0.3 is 17.9 Å². The molecule has 0 atom stereocenters. The Morgan fingerprint density at radius 3 is 0.931 bits per heavy atom. The Kier molecular flexibility index (Phi) is 9.83. The van der Waals surface area contributed by atoms with E-state index >= 15 is 0 Å². The second-order valence-corrected chi connectivity index (χ2v) is 10.6. The highest BCUT2D eigenvalue weighted by atomic mass is 16.6. The van der Waals surface area contributed by atoms with E-state index in [4.69, 9.17) is 19.9 Å². The molecule has 170 valence electrons. The first-order valence-corrected chi connectivity index (χ1v) is 10.2. The number of rotatable bonds is 9. The summed E-state index contributed by atoms with van der Waals surface area (Å²) in [4.78, 5) is 36.3. The lowest BCUT2D eigenvalue weighted by atomic mass is 9.84. The maximum atomic E-state index is 12.1. The van der Waals surface area contributed by atoms with Crippen LogP contribution in [0.2, 0.25) is 0 Å². The van der Waals surface area contributed by atoms with Crippen LogP contribution in [-0.2, 0) is 28.6 Å². The van der Waals surface area contributed by atoms with Gasteiger partial charge < -0.3 is 19.9 Å². The van der Waals surface area contributed by atoms with Gasteiger partial charge in [-0.3, -0.25) is 14.4 Å². The molecule has 0 rings (SSSR count). The van der Waals surface area contributed by atoms with Gasteiger partial charge in [-0.05, 0) is 81.6 Å². The van der Waals surface area contributed by atoms with Gasteiger partial charge in [0.1, 0.15) is 16.8 Å². The number of nitrogens with two attached hydrogens (primary N) is 1. The average molecular weight is 416 g/mol. The maximum Gasteiger partial charge on any atom is 0.306 e. The van der Waals surface area contributed by atoms with Crippen molar-refractivity contribution in [2.24, 2.45) is 5.73 Å². The van der Waals surface area contributed by atoms with Crippen molar-refractivity contribution in [3.05, 3.63) is 0 Å². The number of hydrogen-bond acceptors (Lipinski definition) is 7. The molecule has 0 spiro atoms. The van der Waals surface area contributed by atoms with Crippen molar-refractivity contribution in [1.29, 1.82) is 0 Å². The van der Waals surface area contributed by atoms with Crippen LogP contribution in [0.5, 0.6) is 0 Å². The predicted molar refractivity (Wildman–Crippen MR) is 112 cm³/mol. The van der Waals surface area contributed by atoms with Gasteiger partial charge in [-0.15, -0.1) is 0 Å². The van der Waals surface area contributed by atoms with Crippen molar-refractivity contribution in [3.8, 4) is 0 Å². The summed E-state index contributed by atoms with van der Waals surface area (Å²) in [6.45, 7) is 16.2. The quantitative estimate of drug-likeness (QED) is 0.447. The predicted octanol–water partition coefficient (Wildman–Crippen LogP) is 4.05. The summed E-state index contributed by atoms with van der Waals surface area (Å²) in [6.07, 6.45) is 1.22. The van der Waals surface area contributed by atoms with E-state index in [9.17, 15) is 14.4 Å². The van der Waals surface area contributed by atoms with Gasteiger partial charge in [-0.25, -0.2) is 0 Å². The summed E-state index contributed by atoms with van der Waals surface area (Å²) in [5.74, 6) is -1.08. The van der Waals surface area contributed by atoms with Crippen molar-refractivity contribution in [2.45, 2.75) is 123 Å². The van der Waals surface area contributed by atoms with Gasteiger partial charge in [0.25, 0.3) is 0 Å². The van der Waals surface area contributed by atoms with Crippen LogP contribution in [0.1, 0.15) is 101 Å². The summed E-state index contributed by atoms with van der Waals surface area (Å²) < 4.78 is 16.0. The Hall–Kier alpha value is -1.63. The second-order valence-electron chi connectivity index (χ2n) is 10.6. The maximum absolute atomic E-state index is 12.1. The smallest absolute Gasteiger partial charge is 0.306 e. The molecule has 0 bridgehead atoms. The minimum Gasteiger partial charge on any atom is -0.460 e. The molecule has 2 N–H and O–H groups in total. The van der Waals surface area contributed by atoms with Crippen molar-refractivity contribution in [2.75, 3.05) is 0 Å². The third kappa shape index (κ3) is 15.9. The van der Waals surface area contributed by atoms with E-state index in [2.05, 4.69) is 0 Å². The van der Waals surface area contributed by atoms with Crippen LogP contribution < -0.4 is 5.73 Å². The summed E-state index contributed by atoms with van der Waals surface area (Å²) >= 11 is 0. The highest BCUT2D eigenvalue weighted by Gasteiger charge is 2.30. The highest BCUT2D eigenvalue weighted by Crippen LogP contribution is 2.25. The fourth-order valence-electron chi connectivity index (χ4n) is 2.61. The first-order valence-electron chi connectivity index (χ1n) is 10.2. The van der Waals surface area contributed by atoms with Crippen LogP contribution in [0.3, 0.4) is 0 Å². The Labute approximate surface area is 176 Å². The van der Waals surface area contributed by atoms with E-state index in [0.717, 1.165) is 0 Å². The highest BCUT2D eigenvalue weighted by molar-refractivity contribution is 5.71.